The summed E-state index contributed by atoms with van der Waals surface area (Å²) in [5, 5.41) is 8.75. The van der Waals surface area contributed by atoms with Crippen LogP contribution in [0.3, 0.4) is 0 Å². The van der Waals surface area contributed by atoms with Crippen molar-refractivity contribution in [3.63, 3.8) is 0 Å². The van der Waals surface area contributed by atoms with E-state index in [1.54, 1.807) is 0 Å². The van der Waals surface area contributed by atoms with E-state index in [0.717, 1.165) is 49.4 Å². The number of benzene rings is 5. The SMILES string of the molecule is Clc1nc(-c2cc3ccccc3c3ccccc23)c2c(n1)oc1ccccc12.Clc1nc(Cl)c2c(n1)oc1ccccc12. The van der Waals surface area contributed by atoms with Crippen LogP contribution in [0.5, 0.6) is 0 Å². The fraction of sp³-hybridized carbons (Fsp3) is 0. The second kappa shape index (κ2) is 10.2. The summed E-state index contributed by atoms with van der Waals surface area (Å²) in [4.78, 5) is 16.8. The topological polar surface area (TPSA) is 77.8 Å². The molecule has 0 saturated heterocycles. The maximum atomic E-state index is 6.29. The average Bonchev–Trinajstić information content (AvgIpc) is 3.58. The van der Waals surface area contributed by atoms with Crippen molar-refractivity contribution >= 4 is 100 Å². The highest BCUT2D eigenvalue weighted by Crippen LogP contribution is 2.40. The van der Waals surface area contributed by atoms with Crippen molar-refractivity contribution in [2.75, 3.05) is 0 Å². The van der Waals surface area contributed by atoms with Crippen molar-refractivity contribution in [3.8, 4) is 11.3 Å². The van der Waals surface area contributed by atoms with Crippen LogP contribution in [0.2, 0.25) is 15.7 Å². The standard InChI is InChI=1S/C24H13ClN2O.C10H4Cl2N2O/c25-24-26-22(21-18-11-5-6-12-20(18)28-23(21)27-24)19-13-14-7-1-2-8-15(14)16-9-3-4-10-17(16)19;11-8-7-5-3-1-2-4-6(5)15-9(7)14-10(12)13-8/h1-13H;1-4H. The number of para-hydroxylation sites is 2. The van der Waals surface area contributed by atoms with Gasteiger partial charge in [0.15, 0.2) is 0 Å². The van der Waals surface area contributed by atoms with Crippen LogP contribution in [-0.2, 0) is 0 Å². The lowest BCUT2D eigenvalue weighted by Gasteiger charge is -2.11. The molecule has 4 heterocycles. The van der Waals surface area contributed by atoms with Crippen LogP contribution in [0.1, 0.15) is 0 Å². The van der Waals surface area contributed by atoms with Gasteiger partial charge in [0, 0.05) is 16.3 Å². The molecule has 0 aliphatic carbocycles. The summed E-state index contributed by atoms with van der Waals surface area (Å²) in [6.07, 6.45) is 0. The molecule has 6 nitrogen and oxygen atoms in total. The van der Waals surface area contributed by atoms with Crippen molar-refractivity contribution in [1.82, 2.24) is 19.9 Å². The highest BCUT2D eigenvalue weighted by molar-refractivity contribution is 6.37. The molecule has 0 aliphatic heterocycles. The first-order valence-corrected chi connectivity index (χ1v) is 14.4. The Morgan fingerprint density at radius 1 is 0.465 bits per heavy atom. The Balaban J connectivity index is 0.000000156. The normalized spacial score (nSPS) is 11.6. The lowest BCUT2D eigenvalue weighted by atomic mass is 9.94. The molecule has 0 fully saturated rings. The monoisotopic (exact) mass is 618 g/mol. The highest BCUT2D eigenvalue weighted by atomic mass is 35.5. The van der Waals surface area contributed by atoms with Crippen LogP contribution in [0, 0.1) is 0 Å². The van der Waals surface area contributed by atoms with Crippen LogP contribution in [0.15, 0.2) is 112 Å². The van der Waals surface area contributed by atoms with Gasteiger partial charge in [-0.15, -0.1) is 0 Å². The van der Waals surface area contributed by atoms with Gasteiger partial charge in [0.1, 0.15) is 16.3 Å². The van der Waals surface area contributed by atoms with E-state index in [1.807, 2.05) is 54.6 Å². The van der Waals surface area contributed by atoms with Crippen LogP contribution < -0.4 is 0 Å². The number of nitrogens with zero attached hydrogens (tertiary/aromatic N) is 4. The van der Waals surface area contributed by atoms with E-state index >= 15 is 0 Å². The summed E-state index contributed by atoms with van der Waals surface area (Å²) in [5.74, 6) is 0. The van der Waals surface area contributed by atoms with Crippen molar-refractivity contribution < 1.29 is 8.83 Å². The van der Waals surface area contributed by atoms with Gasteiger partial charge in [-0.2, -0.15) is 9.97 Å². The Morgan fingerprint density at radius 2 is 0.977 bits per heavy atom. The average molecular weight is 620 g/mol. The number of aromatic nitrogens is 4. The van der Waals surface area contributed by atoms with E-state index in [-0.39, 0.29) is 10.6 Å². The Kier molecular flexibility index (Phi) is 6.15. The molecule has 5 aromatic carbocycles. The smallest absolute Gasteiger partial charge is 0.233 e. The molecule has 0 atom stereocenters. The van der Waals surface area contributed by atoms with Gasteiger partial charge >= 0.3 is 0 Å². The largest absolute Gasteiger partial charge is 0.438 e. The molecule has 0 amide bonds. The fourth-order valence-corrected chi connectivity index (χ4v) is 6.23. The van der Waals surface area contributed by atoms with Crippen LogP contribution in [-0.4, -0.2) is 19.9 Å². The maximum Gasteiger partial charge on any atom is 0.233 e. The molecule has 0 radical (unpaired) electrons. The van der Waals surface area contributed by atoms with Gasteiger partial charge in [0.05, 0.1) is 16.5 Å². The van der Waals surface area contributed by atoms with Gasteiger partial charge in [-0.25, -0.2) is 9.97 Å². The molecule has 0 spiro atoms. The Hall–Kier alpha value is -4.75. The van der Waals surface area contributed by atoms with E-state index in [0.29, 0.717) is 22.0 Å². The Bertz CT molecular complexity index is 2520. The molecule has 0 N–H and O–H groups in total. The van der Waals surface area contributed by atoms with Gasteiger partial charge in [-0.3, -0.25) is 0 Å². The van der Waals surface area contributed by atoms with Gasteiger partial charge in [-0.1, -0.05) is 96.5 Å². The molecule has 9 heteroatoms. The van der Waals surface area contributed by atoms with Crippen LogP contribution in [0.4, 0.5) is 0 Å². The first kappa shape index (κ1) is 25.9. The predicted octanol–water partition coefficient (Wildman–Crippen LogP) is 10.7. The minimum atomic E-state index is 0.0894. The molecule has 9 rings (SSSR count). The van der Waals surface area contributed by atoms with Crippen molar-refractivity contribution in [1.29, 1.82) is 0 Å². The zero-order valence-electron chi connectivity index (χ0n) is 22.1. The lowest BCUT2D eigenvalue weighted by molar-refractivity contribution is 0.652. The summed E-state index contributed by atoms with van der Waals surface area (Å²) in [6.45, 7) is 0. The molecule has 0 aliphatic rings. The second-order valence-electron chi connectivity index (χ2n) is 9.87. The van der Waals surface area contributed by atoms with E-state index < -0.39 is 0 Å². The summed E-state index contributed by atoms with van der Waals surface area (Å²) in [7, 11) is 0. The summed E-state index contributed by atoms with van der Waals surface area (Å²) in [5.41, 5.74) is 4.25. The number of rotatable bonds is 1. The summed E-state index contributed by atoms with van der Waals surface area (Å²) >= 11 is 18.0. The van der Waals surface area contributed by atoms with E-state index in [9.17, 15) is 0 Å². The molecular weight excluding hydrogens is 603 g/mol. The van der Waals surface area contributed by atoms with Crippen LogP contribution in [0.25, 0.3) is 76.9 Å². The van der Waals surface area contributed by atoms with Crippen molar-refractivity contribution in [2.45, 2.75) is 0 Å². The third-order valence-corrected chi connectivity index (χ3v) is 8.01. The Labute approximate surface area is 258 Å². The third kappa shape index (κ3) is 4.34. The molecule has 0 saturated carbocycles. The number of furan rings is 2. The molecule has 206 valence electrons. The zero-order valence-corrected chi connectivity index (χ0v) is 24.3. The molecule has 0 bridgehead atoms. The number of hydrogen-bond donors (Lipinski definition) is 0. The minimum absolute atomic E-state index is 0.0894. The summed E-state index contributed by atoms with van der Waals surface area (Å²) in [6, 6.07) is 34.4. The van der Waals surface area contributed by atoms with Gasteiger partial charge < -0.3 is 8.83 Å². The van der Waals surface area contributed by atoms with Gasteiger partial charge in [0.25, 0.3) is 0 Å². The van der Waals surface area contributed by atoms with Gasteiger partial charge in [-0.05, 0) is 62.9 Å². The lowest BCUT2D eigenvalue weighted by Crippen LogP contribution is -1.91. The first-order valence-electron chi connectivity index (χ1n) is 13.3. The quantitative estimate of drug-likeness (QED) is 0.103. The number of halogens is 3. The van der Waals surface area contributed by atoms with E-state index in [4.69, 9.17) is 43.6 Å². The first-order chi connectivity index (χ1) is 21.0. The zero-order chi connectivity index (χ0) is 29.1. The van der Waals surface area contributed by atoms with Crippen LogP contribution >= 0.6 is 34.8 Å². The summed E-state index contributed by atoms with van der Waals surface area (Å²) < 4.78 is 11.5. The fourth-order valence-electron chi connectivity index (χ4n) is 5.60. The highest BCUT2D eigenvalue weighted by Gasteiger charge is 2.19. The number of fused-ring (bicyclic) bond motifs is 9. The molecular formula is C34H17Cl3N4O2. The van der Waals surface area contributed by atoms with Gasteiger partial charge in [0.2, 0.25) is 22.0 Å². The molecule has 43 heavy (non-hydrogen) atoms. The van der Waals surface area contributed by atoms with Crippen molar-refractivity contribution in [2.24, 2.45) is 0 Å². The predicted molar refractivity (Wildman–Crippen MR) is 174 cm³/mol. The third-order valence-electron chi connectivity index (χ3n) is 7.40. The van der Waals surface area contributed by atoms with E-state index in [2.05, 4.69) is 68.5 Å². The maximum absolute atomic E-state index is 6.29. The van der Waals surface area contributed by atoms with Crippen molar-refractivity contribution in [3.05, 3.63) is 119 Å². The molecule has 9 aromatic rings. The minimum Gasteiger partial charge on any atom is -0.438 e. The molecule has 0 unspecified atom stereocenters. The molecule has 4 aromatic heterocycles. The van der Waals surface area contributed by atoms with E-state index in [1.165, 1.54) is 10.8 Å². The Morgan fingerprint density at radius 3 is 1.67 bits per heavy atom. The second-order valence-corrected chi connectivity index (χ2v) is 10.9. The number of hydrogen-bond acceptors (Lipinski definition) is 6.